The molecule has 0 spiro atoms. The first-order chi connectivity index (χ1) is 15.7. The third-order valence-electron chi connectivity index (χ3n) is 5.83. The summed E-state index contributed by atoms with van der Waals surface area (Å²) in [5.74, 6) is 0.540. The fourth-order valence-electron chi connectivity index (χ4n) is 4.34. The third kappa shape index (κ3) is 2.89. The Kier molecular flexibility index (Phi) is 4.28. The molecule has 32 heavy (non-hydrogen) atoms. The fraction of sp³-hybridized carbons (Fsp3) is 0. The Hall–Kier alpha value is -4.00. The second-order valence-electron chi connectivity index (χ2n) is 7.76. The van der Waals surface area contributed by atoms with Gasteiger partial charge in [-0.3, -0.25) is 4.57 Å². The van der Waals surface area contributed by atoms with Gasteiger partial charge in [0.1, 0.15) is 0 Å². The molecule has 2 heterocycles. The van der Waals surface area contributed by atoms with Gasteiger partial charge >= 0.3 is 7.12 Å². The number of benzene rings is 4. The summed E-state index contributed by atoms with van der Waals surface area (Å²) in [4.78, 5) is 9.92. The lowest BCUT2D eigenvalue weighted by atomic mass is 9.80. The van der Waals surface area contributed by atoms with Crippen molar-refractivity contribution in [2.24, 2.45) is 0 Å². The van der Waals surface area contributed by atoms with Gasteiger partial charge < -0.3 is 10.0 Å². The highest BCUT2D eigenvalue weighted by Gasteiger charge is 2.19. The Bertz CT molecular complexity index is 1610. The first kappa shape index (κ1) is 18.7. The average molecular weight is 415 g/mol. The molecular weight excluding hydrogens is 397 g/mol. The van der Waals surface area contributed by atoms with Gasteiger partial charge in [0.25, 0.3) is 0 Å². The molecule has 4 aromatic carbocycles. The lowest BCUT2D eigenvalue weighted by Crippen LogP contribution is -2.29. The highest BCUT2D eigenvalue weighted by molar-refractivity contribution is 6.59. The van der Waals surface area contributed by atoms with Gasteiger partial charge in [-0.15, -0.1) is 0 Å². The number of rotatable bonds is 3. The highest BCUT2D eigenvalue weighted by atomic mass is 16.4. The molecule has 6 aromatic rings. The van der Waals surface area contributed by atoms with E-state index in [0.717, 1.165) is 44.0 Å². The van der Waals surface area contributed by atoms with E-state index in [1.807, 2.05) is 83.4 Å². The van der Waals surface area contributed by atoms with Crippen molar-refractivity contribution in [3.63, 3.8) is 0 Å². The first-order valence-corrected chi connectivity index (χ1v) is 10.4. The Morgan fingerprint density at radius 2 is 1.31 bits per heavy atom. The van der Waals surface area contributed by atoms with Crippen LogP contribution in [-0.2, 0) is 0 Å². The normalized spacial score (nSPS) is 11.4. The average Bonchev–Trinajstić information content (AvgIpc) is 3.17. The molecule has 6 rings (SSSR count). The van der Waals surface area contributed by atoms with Gasteiger partial charge in [-0.05, 0) is 23.7 Å². The minimum Gasteiger partial charge on any atom is -0.423 e. The van der Waals surface area contributed by atoms with Gasteiger partial charge in [0, 0.05) is 21.7 Å². The van der Waals surface area contributed by atoms with Crippen LogP contribution in [0.25, 0.3) is 49.9 Å². The van der Waals surface area contributed by atoms with E-state index in [4.69, 9.17) is 9.97 Å². The minimum absolute atomic E-state index is 0.422. The maximum absolute atomic E-state index is 9.77. The lowest BCUT2D eigenvalue weighted by molar-refractivity contribution is 0.426. The summed E-state index contributed by atoms with van der Waals surface area (Å²) in [6, 6.07) is 31.6. The van der Waals surface area contributed by atoms with Crippen molar-refractivity contribution < 1.29 is 10.0 Å². The number of para-hydroxylation sites is 2. The predicted molar refractivity (Wildman–Crippen MR) is 129 cm³/mol. The largest absolute Gasteiger partial charge is 0.488 e. The van der Waals surface area contributed by atoms with Crippen molar-refractivity contribution in [2.45, 2.75) is 0 Å². The zero-order chi connectivity index (χ0) is 21.7. The van der Waals surface area contributed by atoms with Crippen LogP contribution in [0, 0.1) is 0 Å². The molecule has 0 bridgehead atoms. The number of aromatic nitrogens is 3. The van der Waals surface area contributed by atoms with Crippen LogP contribution in [0.2, 0.25) is 0 Å². The molecule has 0 unspecified atom stereocenters. The van der Waals surface area contributed by atoms with Crippen molar-refractivity contribution in [3.8, 4) is 17.2 Å². The summed E-state index contributed by atoms with van der Waals surface area (Å²) < 4.78 is 2.00. The first-order valence-electron chi connectivity index (χ1n) is 10.4. The second-order valence-corrected chi connectivity index (χ2v) is 7.76. The Morgan fingerprint density at radius 1 is 0.625 bits per heavy atom. The molecule has 0 saturated carbocycles. The number of nitrogens with zero attached hydrogens (tertiary/aromatic N) is 3. The lowest BCUT2D eigenvalue weighted by Gasteiger charge is -2.12. The molecule has 2 N–H and O–H groups in total. The van der Waals surface area contributed by atoms with Gasteiger partial charge in [-0.25, -0.2) is 9.97 Å². The van der Waals surface area contributed by atoms with E-state index in [-0.39, 0.29) is 0 Å². The summed E-state index contributed by atoms with van der Waals surface area (Å²) >= 11 is 0. The van der Waals surface area contributed by atoms with E-state index in [1.165, 1.54) is 0 Å². The standard InChI is InChI=1S/C26H18BN3O2/c31-27(32)18-14-15-20-19-10-5-7-13-23(19)30(24(20)16-18)26-28-22-12-6-4-11-21(22)25(29-26)17-8-2-1-3-9-17/h1-16,31-32H. The number of fused-ring (bicyclic) bond motifs is 4. The van der Waals surface area contributed by atoms with Crippen LogP contribution in [0.1, 0.15) is 0 Å². The van der Waals surface area contributed by atoms with Gasteiger partial charge in [0.05, 0.1) is 22.2 Å². The summed E-state index contributed by atoms with van der Waals surface area (Å²) in [6.45, 7) is 0. The van der Waals surface area contributed by atoms with Crippen molar-refractivity contribution in [2.75, 3.05) is 0 Å². The molecule has 0 aliphatic carbocycles. The van der Waals surface area contributed by atoms with Gasteiger partial charge in [-0.2, -0.15) is 0 Å². The van der Waals surface area contributed by atoms with Crippen LogP contribution in [0.15, 0.2) is 97.1 Å². The van der Waals surface area contributed by atoms with E-state index in [0.29, 0.717) is 11.4 Å². The third-order valence-corrected chi connectivity index (χ3v) is 5.83. The van der Waals surface area contributed by atoms with Crippen molar-refractivity contribution >= 4 is 45.3 Å². The van der Waals surface area contributed by atoms with Gasteiger partial charge in [-0.1, -0.05) is 78.9 Å². The minimum atomic E-state index is -1.55. The summed E-state index contributed by atoms with van der Waals surface area (Å²) in [7, 11) is -1.55. The Balaban J connectivity index is 1.74. The summed E-state index contributed by atoms with van der Waals surface area (Å²) in [5.41, 5.74) is 4.92. The zero-order valence-corrected chi connectivity index (χ0v) is 17.1. The zero-order valence-electron chi connectivity index (χ0n) is 17.1. The van der Waals surface area contributed by atoms with E-state index in [9.17, 15) is 10.0 Å². The molecule has 5 nitrogen and oxygen atoms in total. The van der Waals surface area contributed by atoms with E-state index in [2.05, 4.69) is 6.07 Å². The molecule has 0 amide bonds. The molecule has 0 aliphatic heterocycles. The van der Waals surface area contributed by atoms with Crippen LogP contribution in [0.3, 0.4) is 0 Å². The number of hydrogen-bond donors (Lipinski definition) is 2. The highest BCUT2D eigenvalue weighted by Crippen LogP contribution is 2.33. The van der Waals surface area contributed by atoms with Crippen LogP contribution >= 0.6 is 0 Å². The molecule has 0 atom stereocenters. The molecular formula is C26H18BN3O2. The predicted octanol–water partition coefficient (Wildman–Crippen LogP) is 4.07. The quantitative estimate of drug-likeness (QED) is 0.428. The van der Waals surface area contributed by atoms with E-state index in [1.54, 1.807) is 12.1 Å². The van der Waals surface area contributed by atoms with Gasteiger partial charge in [0.15, 0.2) is 0 Å². The Morgan fingerprint density at radius 3 is 2.12 bits per heavy atom. The van der Waals surface area contributed by atoms with E-state index < -0.39 is 7.12 Å². The van der Waals surface area contributed by atoms with Gasteiger partial charge in [0.2, 0.25) is 5.95 Å². The summed E-state index contributed by atoms with van der Waals surface area (Å²) in [6.07, 6.45) is 0. The van der Waals surface area contributed by atoms with Crippen LogP contribution in [-0.4, -0.2) is 31.7 Å². The van der Waals surface area contributed by atoms with Crippen molar-refractivity contribution in [1.29, 1.82) is 0 Å². The molecule has 6 heteroatoms. The maximum Gasteiger partial charge on any atom is 0.488 e. The van der Waals surface area contributed by atoms with Crippen molar-refractivity contribution in [3.05, 3.63) is 97.1 Å². The van der Waals surface area contributed by atoms with Crippen LogP contribution in [0.5, 0.6) is 0 Å². The monoisotopic (exact) mass is 415 g/mol. The van der Waals surface area contributed by atoms with E-state index >= 15 is 0 Å². The van der Waals surface area contributed by atoms with Crippen molar-refractivity contribution in [1.82, 2.24) is 14.5 Å². The molecule has 0 aliphatic rings. The topological polar surface area (TPSA) is 71.2 Å². The Labute approximate surface area is 184 Å². The maximum atomic E-state index is 9.77. The van der Waals surface area contributed by atoms with Crippen LogP contribution < -0.4 is 5.46 Å². The molecule has 152 valence electrons. The smallest absolute Gasteiger partial charge is 0.423 e. The molecule has 0 saturated heterocycles. The fourth-order valence-corrected chi connectivity index (χ4v) is 4.34. The van der Waals surface area contributed by atoms with Crippen LogP contribution in [0.4, 0.5) is 0 Å². The molecule has 0 fully saturated rings. The summed E-state index contributed by atoms with van der Waals surface area (Å²) in [5, 5.41) is 22.6. The molecule has 0 radical (unpaired) electrons. The second kappa shape index (κ2) is 7.30. The number of hydrogen-bond acceptors (Lipinski definition) is 4. The molecule has 2 aromatic heterocycles. The SMILES string of the molecule is OB(O)c1ccc2c3ccccc3n(-c3nc(-c4ccccc4)c4ccccc4n3)c2c1.